The molecular formula is C5H5ClN4O3S2. The third kappa shape index (κ3) is 1.66. The Morgan fingerprint density at radius 3 is 3.07 bits per heavy atom. The average Bonchev–Trinajstić information content (AvgIpc) is 2.61. The molecule has 2 aliphatic heterocycles. The Morgan fingerprint density at radius 1 is 1.67 bits per heavy atom. The molecule has 0 amide bonds. The molecule has 0 radical (unpaired) electrons. The lowest BCUT2D eigenvalue weighted by molar-refractivity contribution is 0.471. The third-order valence-electron chi connectivity index (χ3n) is 1.77. The van der Waals surface area contributed by atoms with Gasteiger partial charge in [0.2, 0.25) is 0 Å². The lowest BCUT2D eigenvalue weighted by atomic mass is 10.8. The Morgan fingerprint density at radius 2 is 2.40 bits per heavy atom. The molecule has 0 aliphatic carbocycles. The van der Waals surface area contributed by atoms with E-state index < -0.39 is 10.0 Å². The molecule has 0 saturated carbocycles. The van der Waals surface area contributed by atoms with Crippen LogP contribution in [0.1, 0.15) is 0 Å². The molecule has 0 fully saturated rings. The first-order valence-corrected chi connectivity index (χ1v) is 6.47. The number of nitrogens with one attached hydrogen (secondary N) is 2. The predicted octanol–water partition coefficient (Wildman–Crippen LogP) is 0.359. The highest BCUT2D eigenvalue weighted by atomic mass is 35.5. The number of hydrogen-bond acceptors (Lipinski definition) is 7. The van der Waals surface area contributed by atoms with Crippen LogP contribution < -0.4 is 10.1 Å². The highest BCUT2D eigenvalue weighted by Gasteiger charge is 2.39. The summed E-state index contributed by atoms with van der Waals surface area (Å²) in [5.74, 6) is 0. The van der Waals surface area contributed by atoms with E-state index in [0.29, 0.717) is 0 Å². The number of halogens is 1. The van der Waals surface area contributed by atoms with Gasteiger partial charge in [-0.2, -0.15) is 13.2 Å². The SMILES string of the molecule is O=NNS(=O)(=O)C1=C(Cl)NC2SC=CN12. The van der Waals surface area contributed by atoms with Crippen molar-refractivity contribution in [2.24, 2.45) is 5.29 Å². The Balaban J connectivity index is 2.39. The molecule has 0 aromatic carbocycles. The van der Waals surface area contributed by atoms with Gasteiger partial charge in [-0.05, 0) is 5.41 Å². The first-order valence-electron chi connectivity index (χ1n) is 3.67. The van der Waals surface area contributed by atoms with Gasteiger partial charge in [-0.15, -0.1) is 4.91 Å². The fraction of sp³-hybridized carbons (Fsp3) is 0.200. The third-order valence-corrected chi connectivity index (χ3v) is 4.29. The fourth-order valence-corrected chi connectivity index (χ4v) is 3.63. The van der Waals surface area contributed by atoms with Gasteiger partial charge in [0.1, 0.15) is 5.16 Å². The van der Waals surface area contributed by atoms with Gasteiger partial charge in [0.05, 0.1) is 5.29 Å². The fourth-order valence-electron chi connectivity index (χ4n) is 1.23. The summed E-state index contributed by atoms with van der Waals surface area (Å²) in [6.45, 7) is 0. The summed E-state index contributed by atoms with van der Waals surface area (Å²) in [6.07, 6.45) is 1.55. The van der Waals surface area contributed by atoms with Gasteiger partial charge in [0.25, 0.3) is 10.0 Å². The first kappa shape index (κ1) is 10.6. The van der Waals surface area contributed by atoms with Crippen LogP contribution in [0.25, 0.3) is 0 Å². The van der Waals surface area contributed by atoms with Crippen molar-refractivity contribution in [3.8, 4) is 0 Å². The van der Waals surface area contributed by atoms with Crippen molar-refractivity contribution in [1.82, 2.24) is 15.0 Å². The van der Waals surface area contributed by atoms with Crippen molar-refractivity contribution >= 4 is 33.4 Å². The zero-order valence-electron chi connectivity index (χ0n) is 7.05. The van der Waals surface area contributed by atoms with Crippen LogP contribution in [0.4, 0.5) is 0 Å². The summed E-state index contributed by atoms with van der Waals surface area (Å²) in [6, 6.07) is 0. The molecule has 2 rings (SSSR count). The average molecular weight is 269 g/mol. The molecule has 0 spiro atoms. The Hall–Kier alpha value is -0.930. The largest absolute Gasteiger partial charge is 0.344 e. The molecular weight excluding hydrogens is 264 g/mol. The van der Waals surface area contributed by atoms with Gasteiger partial charge in [0, 0.05) is 6.20 Å². The molecule has 2 aliphatic rings. The number of rotatable bonds is 3. The summed E-state index contributed by atoms with van der Waals surface area (Å²) in [4.78, 5) is 12.8. The van der Waals surface area contributed by atoms with Gasteiger partial charge in [-0.3, -0.25) is 0 Å². The molecule has 1 atom stereocenters. The van der Waals surface area contributed by atoms with Crippen LogP contribution in [0.5, 0.6) is 0 Å². The molecule has 2 N–H and O–H groups in total. The molecule has 0 aromatic heterocycles. The summed E-state index contributed by atoms with van der Waals surface area (Å²) in [5.41, 5.74) is -0.282. The zero-order valence-corrected chi connectivity index (χ0v) is 9.43. The minimum absolute atomic E-state index is 0.0343. The van der Waals surface area contributed by atoms with Crippen molar-refractivity contribution in [2.75, 3.05) is 0 Å². The topological polar surface area (TPSA) is 90.9 Å². The number of thioether (sulfide) groups is 1. The van der Waals surface area contributed by atoms with Gasteiger partial charge in [0.15, 0.2) is 10.5 Å². The van der Waals surface area contributed by atoms with E-state index in [4.69, 9.17) is 11.6 Å². The maximum Gasteiger partial charge on any atom is 0.297 e. The van der Waals surface area contributed by atoms with Crippen molar-refractivity contribution in [1.29, 1.82) is 0 Å². The summed E-state index contributed by atoms with van der Waals surface area (Å²) < 4.78 is 23.0. The van der Waals surface area contributed by atoms with Crippen LogP contribution in [0.3, 0.4) is 0 Å². The van der Waals surface area contributed by atoms with E-state index >= 15 is 0 Å². The second kappa shape index (κ2) is 3.58. The highest BCUT2D eigenvalue weighted by molar-refractivity contribution is 8.03. The molecule has 2 heterocycles. The summed E-state index contributed by atoms with van der Waals surface area (Å²) >= 11 is 7.08. The van der Waals surface area contributed by atoms with Gasteiger partial charge < -0.3 is 10.2 Å². The van der Waals surface area contributed by atoms with E-state index in [9.17, 15) is 13.3 Å². The van der Waals surface area contributed by atoms with Crippen LogP contribution in [-0.2, 0) is 10.0 Å². The van der Waals surface area contributed by atoms with Crippen molar-refractivity contribution < 1.29 is 8.42 Å². The minimum atomic E-state index is -4.00. The molecule has 15 heavy (non-hydrogen) atoms. The van der Waals surface area contributed by atoms with Crippen LogP contribution in [0.15, 0.2) is 27.1 Å². The van der Waals surface area contributed by atoms with Gasteiger partial charge in [-0.25, -0.2) is 0 Å². The lowest BCUT2D eigenvalue weighted by Crippen LogP contribution is -2.31. The molecule has 0 bridgehead atoms. The molecule has 10 heteroatoms. The van der Waals surface area contributed by atoms with E-state index in [0.717, 1.165) is 0 Å². The van der Waals surface area contributed by atoms with Crippen molar-refractivity contribution in [3.63, 3.8) is 0 Å². The lowest BCUT2D eigenvalue weighted by Gasteiger charge is -2.17. The monoisotopic (exact) mass is 268 g/mol. The van der Waals surface area contributed by atoms with E-state index in [1.165, 1.54) is 21.5 Å². The second-order valence-electron chi connectivity index (χ2n) is 2.63. The Kier molecular flexibility index (Phi) is 2.52. The number of nitrogens with zero attached hydrogens (tertiary/aromatic N) is 2. The number of sulfonamides is 1. The van der Waals surface area contributed by atoms with Crippen LogP contribution in [0.2, 0.25) is 0 Å². The summed E-state index contributed by atoms with van der Waals surface area (Å²) in [5, 5.41) is 6.35. The number of nitroso groups, excluding NO2 is 1. The van der Waals surface area contributed by atoms with Crippen LogP contribution in [0, 0.1) is 4.91 Å². The van der Waals surface area contributed by atoms with E-state index in [1.54, 1.807) is 11.6 Å². The standard InChI is InChI=1S/C5H5ClN4O3S2/c6-3-4(15(12,13)9-8-11)10-1-2-14-5(10)7-3/h1-2,5,7H,(H,9,11). The molecule has 82 valence electrons. The van der Waals surface area contributed by atoms with Gasteiger partial charge in [-0.1, -0.05) is 23.4 Å². The van der Waals surface area contributed by atoms with Crippen LogP contribution in [-0.4, -0.2) is 18.8 Å². The molecule has 0 saturated heterocycles. The zero-order chi connectivity index (χ0) is 11.1. The first-order chi connectivity index (χ1) is 7.06. The smallest absolute Gasteiger partial charge is 0.297 e. The highest BCUT2D eigenvalue weighted by Crippen LogP contribution is 2.36. The quantitative estimate of drug-likeness (QED) is 0.436. The maximum atomic E-state index is 11.5. The van der Waals surface area contributed by atoms with Gasteiger partial charge >= 0.3 is 0 Å². The Labute approximate surface area is 94.5 Å². The molecule has 0 aromatic rings. The van der Waals surface area contributed by atoms with Crippen molar-refractivity contribution in [2.45, 2.75) is 5.50 Å². The molecule has 1 unspecified atom stereocenters. The predicted molar refractivity (Wildman–Crippen MR) is 56.2 cm³/mol. The van der Waals surface area contributed by atoms with E-state index in [1.807, 2.05) is 0 Å². The summed E-state index contributed by atoms with van der Waals surface area (Å²) in [7, 11) is -4.00. The Bertz CT molecular complexity index is 459. The van der Waals surface area contributed by atoms with Crippen LogP contribution >= 0.6 is 23.4 Å². The van der Waals surface area contributed by atoms with E-state index in [2.05, 4.69) is 10.6 Å². The normalized spacial score (nSPS) is 24.1. The minimum Gasteiger partial charge on any atom is -0.344 e. The maximum absolute atomic E-state index is 11.5. The number of fused-ring (bicyclic) bond motifs is 1. The van der Waals surface area contributed by atoms with Crippen molar-refractivity contribution in [3.05, 3.63) is 26.7 Å². The second-order valence-corrected chi connectivity index (χ2v) is 5.58. The van der Waals surface area contributed by atoms with E-state index in [-0.39, 0.29) is 15.7 Å². The molecule has 7 nitrogen and oxygen atoms in total. The number of hydrogen-bond donors (Lipinski definition) is 2.